The molecule has 0 radical (unpaired) electrons. The van der Waals surface area contributed by atoms with Crippen LogP contribution in [0.2, 0.25) is 5.02 Å². The minimum Gasteiger partial charge on any atom is -0.329 e. The van der Waals surface area contributed by atoms with Gasteiger partial charge in [-0.2, -0.15) is 0 Å². The molecule has 0 aliphatic rings. The molecule has 0 aromatic heterocycles. The van der Waals surface area contributed by atoms with E-state index < -0.39 is 0 Å². The molecule has 17 heavy (non-hydrogen) atoms. The molecule has 2 nitrogen and oxygen atoms in total. The molecule has 0 spiro atoms. The Labute approximate surface area is 108 Å². The normalized spacial score (nSPS) is 13.1. The Morgan fingerprint density at radius 1 is 1.47 bits per heavy atom. The number of halogens is 2. The first-order valence-corrected chi connectivity index (χ1v) is 6.33. The van der Waals surface area contributed by atoms with Crippen molar-refractivity contribution in [3.05, 3.63) is 34.6 Å². The third-order valence-electron chi connectivity index (χ3n) is 2.94. The van der Waals surface area contributed by atoms with E-state index in [2.05, 4.69) is 11.8 Å². The molecule has 0 saturated carbocycles. The number of hydrogen-bond donors (Lipinski definition) is 1. The van der Waals surface area contributed by atoms with E-state index in [1.807, 2.05) is 7.05 Å². The summed E-state index contributed by atoms with van der Waals surface area (Å²) in [6.45, 7) is 3.42. The zero-order valence-electron chi connectivity index (χ0n) is 10.4. The Hall–Kier alpha value is -0.640. The van der Waals surface area contributed by atoms with Gasteiger partial charge in [0.1, 0.15) is 5.82 Å². The largest absolute Gasteiger partial charge is 0.329 e. The van der Waals surface area contributed by atoms with Crippen LogP contribution >= 0.6 is 11.6 Å². The zero-order valence-corrected chi connectivity index (χ0v) is 11.2. The molecule has 96 valence electrons. The fourth-order valence-corrected chi connectivity index (χ4v) is 2.06. The van der Waals surface area contributed by atoms with Crippen LogP contribution in [-0.2, 0) is 0 Å². The number of rotatable bonds is 6. The Balaban J connectivity index is 2.88. The second-order valence-electron chi connectivity index (χ2n) is 4.25. The Kier molecular flexibility index (Phi) is 5.89. The van der Waals surface area contributed by atoms with Crippen LogP contribution in [0.1, 0.15) is 31.4 Å². The predicted octanol–water partition coefficient (Wildman–Crippen LogP) is 3.21. The summed E-state index contributed by atoms with van der Waals surface area (Å²) in [7, 11) is 1.97. The number of nitrogens with two attached hydrogens (primary N) is 1. The van der Waals surface area contributed by atoms with E-state index in [9.17, 15) is 4.39 Å². The highest BCUT2D eigenvalue weighted by Gasteiger charge is 2.18. The van der Waals surface area contributed by atoms with E-state index in [0.717, 1.165) is 19.4 Å². The standard InChI is InChI=1S/C13H20ClFN2/c1-3-4-7-17(2)13(9-16)11-8-10(14)5-6-12(11)15/h5-6,8,13H,3-4,7,9,16H2,1-2H3. The van der Waals surface area contributed by atoms with Gasteiger partial charge in [0.05, 0.1) is 0 Å². The number of benzene rings is 1. The molecule has 0 heterocycles. The van der Waals surface area contributed by atoms with E-state index in [4.69, 9.17) is 17.3 Å². The molecule has 0 aliphatic carbocycles. The van der Waals surface area contributed by atoms with Crippen LogP contribution in [-0.4, -0.2) is 25.0 Å². The smallest absolute Gasteiger partial charge is 0.128 e. The number of unbranched alkanes of at least 4 members (excludes halogenated alkanes) is 1. The summed E-state index contributed by atoms with van der Waals surface area (Å²) in [6, 6.07) is 4.51. The highest BCUT2D eigenvalue weighted by atomic mass is 35.5. The molecule has 0 fully saturated rings. The fourth-order valence-electron chi connectivity index (χ4n) is 1.88. The summed E-state index contributed by atoms with van der Waals surface area (Å²) in [5.41, 5.74) is 6.33. The summed E-state index contributed by atoms with van der Waals surface area (Å²) in [5.74, 6) is -0.242. The monoisotopic (exact) mass is 258 g/mol. The molecule has 1 rings (SSSR count). The van der Waals surface area contributed by atoms with Crippen LogP contribution in [0.15, 0.2) is 18.2 Å². The Bertz CT molecular complexity index is 357. The van der Waals surface area contributed by atoms with E-state index in [0.29, 0.717) is 17.1 Å². The van der Waals surface area contributed by atoms with Crippen LogP contribution in [0, 0.1) is 5.82 Å². The third-order valence-corrected chi connectivity index (χ3v) is 3.17. The first-order valence-electron chi connectivity index (χ1n) is 5.95. The molecule has 0 amide bonds. The number of nitrogens with zero attached hydrogens (tertiary/aromatic N) is 1. The van der Waals surface area contributed by atoms with Gasteiger partial charge in [-0.15, -0.1) is 0 Å². The van der Waals surface area contributed by atoms with Crippen molar-refractivity contribution in [2.75, 3.05) is 20.1 Å². The summed E-state index contributed by atoms with van der Waals surface area (Å²) < 4.78 is 13.7. The van der Waals surface area contributed by atoms with Crippen LogP contribution in [0.5, 0.6) is 0 Å². The molecule has 0 saturated heterocycles. The van der Waals surface area contributed by atoms with Gasteiger partial charge in [0.25, 0.3) is 0 Å². The second kappa shape index (κ2) is 6.94. The van der Waals surface area contributed by atoms with Crippen molar-refractivity contribution in [3.63, 3.8) is 0 Å². The zero-order chi connectivity index (χ0) is 12.8. The molecule has 0 aliphatic heterocycles. The number of hydrogen-bond acceptors (Lipinski definition) is 2. The van der Waals surface area contributed by atoms with Gasteiger partial charge in [0.2, 0.25) is 0 Å². The lowest BCUT2D eigenvalue weighted by Gasteiger charge is -2.27. The van der Waals surface area contributed by atoms with Gasteiger partial charge in [0.15, 0.2) is 0 Å². The first-order chi connectivity index (χ1) is 8.10. The van der Waals surface area contributed by atoms with Gasteiger partial charge < -0.3 is 5.73 Å². The summed E-state index contributed by atoms with van der Waals surface area (Å²) >= 11 is 5.90. The quantitative estimate of drug-likeness (QED) is 0.849. The van der Waals surface area contributed by atoms with Gasteiger partial charge >= 0.3 is 0 Å². The maximum Gasteiger partial charge on any atom is 0.128 e. The molecule has 4 heteroatoms. The van der Waals surface area contributed by atoms with Crippen LogP contribution in [0.4, 0.5) is 4.39 Å². The summed E-state index contributed by atoms with van der Waals surface area (Å²) in [4.78, 5) is 2.08. The predicted molar refractivity (Wildman–Crippen MR) is 70.7 cm³/mol. The first kappa shape index (κ1) is 14.4. The molecule has 1 aromatic carbocycles. The maximum atomic E-state index is 13.7. The minimum absolute atomic E-state index is 0.111. The molecule has 0 bridgehead atoms. The van der Waals surface area contributed by atoms with Crippen molar-refractivity contribution < 1.29 is 4.39 Å². The van der Waals surface area contributed by atoms with Gasteiger partial charge in [-0.25, -0.2) is 4.39 Å². The average molecular weight is 259 g/mol. The lowest BCUT2D eigenvalue weighted by Crippen LogP contribution is -2.32. The van der Waals surface area contributed by atoms with Gasteiger partial charge in [0, 0.05) is 23.2 Å². The lowest BCUT2D eigenvalue weighted by atomic mass is 10.0. The van der Waals surface area contributed by atoms with Crippen molar-refractivity contribution in [2.45, 2.75) is 25.8 Å². The fraction of sp³-hybridized carbons (Fsp3) is 0.538. The lowest BCUT2D eigenvalue weighted by molar-refractivity contribution is 0.241. The van der Waals surface area contributed by atoms with E-state index in [1.165, 1.54) is 6.07 Å². The van der Waals surface area contributed by atoms with Crippen molar-refractivity contribution in [2.24, 2.45) is 5.73 Å². The van der Waals surface area contributed by atoms with E-state index >= 15 is 0 Å². The third kappa shape index (κ3) is 3.95. The van der Waals surface area contributed by atoms with Gasteiger partial charge in [-0.05, 0) is 38.2 Å². The van der Waals surface area contributed by atoms with E-state index in [1.54, 1.807) is 12.1 Å². The van der Waals surface area contributed by atoms with Crippen molar-refractivity contribution >= 4 is 11.6 Å². The molecule has 2 N–H and O–H groups in total. The molecular weight excluding hydrogens is 239 g/mol. The van der Waals surface area contributed by atoms with Crippen molar-refractivity contribution in [1.82, 2.24) is 4.90 Å². The Morgan fingerprint density at radius 2 is 2.18 bits per heavy atom. The molecular formula is C13H20ClFN2. The molecule has 1 unspecified atom stereocenters. The topological polar surface area (TPSA) is 29.3 Å². The maximum absolute atomic E-state index is 13.7. The summed E-state index contributed by atoms with van der Waals surface area (Å²) in [6.07, 6.45) is 2.19. The van der Waals surface area contributed by atoms with Gasteiger partial charge in [-0.1, -0.05) is 24.9 Å². The average Bonchev–Trinajstić information content (AvgIpc) is 2.32. The second-order valence-corrected chi connectivity index (χ2v) is 4.69. The highest BCUT2D eigenvalue weighted by molar-refractivity contribution is 6.30. The minimum atomic E-state index is -0.242. The SMILES string of the molecule is CCCCN(C)C(CN)c1cc(Cl)ccc1F. The number of likely N-dealkylation sites (N-methyl/N-ethyl adjacent to an activating group) is 1. The van der Waals surface area contributed by atoms with Crippen molar-refractivity contribution in [1.29, 1.82) is 0 Å². The van der Waals surface area contributed by atoms with Crippen molar-refractivity contribution in [3.8, 4) is 0 Å². The van der Waals surface area contributed by atoms with Gasteiger partial charge in [-0.3, -0.25) is 4.90 Å². The summed E-state index contributed by atoms with van der Waals surface area (Å²) in [5, 5.41) is 0.545. The molecule has 1 atom stereocenters. The highest BCUT2D eigenvalue weighted by Crippen LogP contribution is 2.24. The Morgan fingerprint density at radius 3 is 2.76 bits per heavy atom. The van der Waals surface area contributed by atoms with E-state index in [-0.39, 0.29) is 11.9 Å². The van der Waals surface area contributed by atoms with Crippen LogP contribution in [0.25, 0.3) is 0 Å². The van der Waals surface area contributed by atoms with Crippen LogP contribution in [0.3, 0.4) is 0 Å². The van der Waals surface area contributed by atoms with Crippen LogP contribution < -0.4 is 5.73 Å². The molecule has 1 aromatic rings.